The normalized spacial score (nSPS) is 23.0. The van der Waals surface area contributed by atoms with Gasteiger partial charge in [-0.25, -0.2) is 0 Å². The number of hydrogen-bond donors (Lipinski definition) is 0. The molecule has 0 saturated carbocycles. The first kappa shape index (κ1) is 11.2. The zero-order chi connectivity index (χ0) is 10.9. The van der Waals surface area contributed by atoms with Crippen LogP contribution in [0.3, 0.4) is 0 Å². The molecule has 2 rings (SSSR count). The van der Waals surface area contributed by atoms with E-state index in [2.05, 4.69) is 33.1 Å². The number of hydrogen-bond acceptors (Lipinski definition) is 2. The molecule has 1 atom stereocenters. The van der Waals surface area contributed by atoms with Crippen LogP contribution in [0.4, 0.5) is 0 Å². The number of nitrogens with zero attached hydrogens (tertiary/aromatic N) is 2. The Morgan fingerprint density at radius 2 is 2.20 bits per heavy atom. The molecule has 0 spiro atoms. The Labute approximate surface area is 94.2 Å². The molecule has 0 amide bonds. The molecule has 0 bridgehead atoms. The van der Waals surface area contributed by atoms with Crippen molar-refractivity contribution in [3.05, 3.63) is 12.3 Å². The van der Waals surface area contributed by atoms with Gasteiger partial charge in [-0.2, -0.15) is 0 Å². The molecule has 0 aromatic carbocycles. The molecule has 3 nitrogen and oxygen atoms in total. The fourth-order valence-corrected chi connectivity index (χ4v) is 5.12. The minimum atomic E-state index is -1.79. The second-order valence-electron chi connectivity index (χ2n) is 5.23. The summed E-state index contributed by atoms with van der Waals surface area (Å²) in [7, 11) is 0. The van der Waals surface area contributed by atoms with Crippen molar-refractivity contribution in [3.8, 4) is 0 Å². The molecule has 2 heterocycles. The summed E-state index contributed by atoms with van der Waals surface area (Å²) >= 11 is -1.79. The Balaban J connectivity index is 2.24. The van der Waals surface area contributed by atoms with Crippen LogP contribution in [0.2, 0.25) is 17.3 Å². The van der Waals surface area contributed by atoms with E-state index in [1.807, 2.05) is 6.20 Å². The van der Waals surface area contributed by atoms with Gasteiger partial charge in [-0.1, -0.05) is 0 Å². The van der Waals surface area contributed by atoms with Gasteiger partial charge in [-0.15, -0.1) is 0 Å². The van der Waals surface area contributed by atoms with Crippen LogP contribution in [0.15, 0.2) is 12.3 Å². The van der Waals surface area contributed by atoms with Crippen molar-refractivity contribution in [1.82, 2.24) is 9.78 Å². The van der Waals surface area contributed by atoms with Crippen molar-refractivity contribution >= 4 is 17.8 Å². The Hall–Kier alpha value is -0.287. The molecular formula is C11H20GeN2O. The first-order valence-electron chi connectivity index (χ1n) is 5.74. The number of aromatic nitrogens is 2. The van der Waals surface area contributed by atoms with E-state index < -0.39 is 13.3 Å². The zero-order valence-electron chi connectivity index (χ0n) is 9.86. The zero-order valence-corrected chi connectivity index (χ0v) is 12.0. The third-order valence-corrected chi connectivity index (χ3v) is 6.92. The van der Waals surface area contributed by atoms with E-state index in [9.17, 15) is 0 Å². The van der Waals surface area contributed by atoms with Crippen molar-refractivity contribution < 1.29 is 4.74 Å². The summed E-state index contributed by atoms with van der Waals surface area (Å²) in [5.41, 5.74) is 0. The first-order chi connectivity index (χ1) is 7.09. The standard InChI is InChI=1S/C11H20GeN2O/c1-12(2,3)10-7-8-13-14(10)11-6-4-5-9-15-11/h7-8,11H,4-6,9H2,1-3H3. The van der Waals surface area contributed by atoms with Crippen LogP contribution in [0, 0.1) is 0 Å². The van der Waals surface area contributed by atoms with Gasteiger partial charge in [0.1, 0.15) is 0 Å². The van der Waals surface area contributed by atoms with E-state index in [0.717, 1.165) is 13.0 Å². The van der Waals surface area contributed by atoms with Crippen LogP contribution in [0.5, 0.6) is 0 Å². The van der Waals surface area contributed by atoms with Gasteiger partial charge in [0.05, 0.1) is 0 Å². The van der Waals surface area contributed by atoms with Crippen LogP contribution < -0.4 is 4.53 Å². The molecule has 84 valence electrons. The monoisotopic (exact) mass is 270 g/mol. The van der Waals surface area contributed by atoms with E-state index in [-0.39, 0.29) is 6.23 Å². The second kappa shape index (κ2) is 4.30. The Morgan fingerprint density at radius 3 is 2.80 bits per heavy atom. The predicted molar refractivity (Wildman–Crippen MR) is 64.0 cm³/mol. The van der Waals surface area contributed by atoms with E-state index in [1.165, 1.54) is 17.4 Å². The van der Waals surface area contributed by atoms with Crippen LogP contribution in [0.25, 0.3) is 0 Å². The second-order valence-corrected chi connectivity index (χ2v) is 15.7. The topological polar surface area (TPSA) is 27.1 Å². The molecule has 1 fully saturated rings. The first-order valence-corrected chi connectivity index (χ1v) is 13.1. The summed E-state index contributed by atoms with van der Waals surface area (Å²) in [6.45, 7) is 0.890. The van der Waals surface area contributed by atoms with Crippen molar-refractivity contribution in [1.29, 1.82) is 0 Å². The van der Waals surface area contributed by atoms with Crippen molar-refractivity contribution in [3.63, 3.8) is 0 Å². The molecule has 1 aromatic heterocycles. The van der Waals surface area contributed by atoms with Crippen LogP contribution >= 0.6 is 0 Å². The number of rotatable bonds is 2. The molecule has 1 aliphatic rings. The molecule has 1 unspecified atom stereocenters. The molecule has 1 saturated heterocycles. The van der Waals surface area contributed by atoms with Gasteiger partial charge in [0.15, 0.2) is 0 Å². The van der Waals surface area contributed by atoms with Crippen molar-refractivity contribution in [2.24, 2.45) is 0 Å². The van der Waals surface area contributed by atoms with Crippen molar-refractivity contribution in [2.45, 2.75) is 42.8 Å². The van der Waals surface area contributed by atoms with Gasteiger partial charge in [-0.3, -0.25) is 0 Å². The van der Waals surface area contributed by atoms with E-state index >= 15 is 0 Å². The quantitative estimate of drug-likeness (QED) is 0.769. The third kappa shape index (κ3) is 2.45. The SMILES string of the molecule is [CH3][Ge]([CH3])([CH3])[c]1ccnn1C1CCCCO1. The van der Waals surface area contributed by atoms with Gasteiger partial charge in [0.2, 0.25) is 0 Å². The van der Waals surface area contributed by atoms with Crippen LogP contribution in [-0.2, 0) is 4.74 Å². The molecule has 0 aliphatic carbocycles. The predicted octanol–water partition coefficient (Wildman–Crippen LogP) is 2.13. The van der Waals surface area contributed by atoms with Gasteiger partial charge in [0, 0.05) is 0 Å². The summed E-state index contributed by atoms with van der Waals surface area (Å²) in [5.74, 6) is 7.20. The third-order valence-electron chi connectivity index (χ3n) is 2.87. The van der Waals surface area contributed by atoms with Gasteiger partial charge in [-0.05, 0) is 0 Å². The summed E-state index contributed by atoms with van der Waals surface area (Å²) < 4.78 is 9.37. The van der Waals surface area contributed by atoms with E-state index in [4.69, 9.17) is 4.74 Å². The molecule has 1 aliphatic heterocycles. The average molecular weight is 269 g/mol. The van der Waals surface area contributed by atoms with E-state index in [1.54, 1.807) is 0 Å². The molecule has 0 radical (unpaired) electrons. The maximum absolute atomic E-state index is 5.79. The number of ether oxygens (including phenoxy) is 1. The summed E-state index contributed by atoms with van der Waals surface area (Å²) in [5, 5.41) is 4.44. The molecule has 15 heavy (non-hydrogen) atoms. The summed E-state index contributed by atoms with van der Waals surface area (Å²) in [6, 6.07) is 2.18. The molecule has 4 heteroatoms. The van der Waals surface area contributed by atoms with E-state index in [0.29, 0.717) is 0 Å². The maximum atomic E-state index is 5.79. The minimum absolute atomic E-state index is 0.202. The Morgan fingerprint density at radius 1 is 1.40 bits per heavy atom. The Bertz CT molecular complexity index is 324. The van der Waals surface area contributed by atoms with Gasteiger partial charge in [0.25, 0.3) is 0 Å². The average Bonchev–Trinajstić information content (AvgIpc) is 2.67. The fraction of sp³-hybridized carbons (Fsp3) is 0.727. The Kier molecular flexibility index (Phi) is 3.21. The van der Waals surface area contributed by atoms with Crippen molar-refractivity contribution in [2.75, 3.05) is 6.61 Å². The summed E-state index contributed by atoms with van der Waals surface area (Å²) in [6.07, 6.45) is 5.70. The van der Waals surface area contributed by atoms with Gasteiger partial charge >= 0.3 is 93.9 Å². The van der Waals surface area contributed by atoms with Gasteiger partial charge < -0.3 is 0 Å². The molecular weight excluding hydrogens is 249 g/mol. The summed E-state index contributed by atoms with van der Waals surface area (Å²) in [4.78, 5) is 0. The fourth-order valence-electron chi connectivity index (χ4n) is 2.05. The molecule has 1 aromatic rings. The van der Waals surface area contributed by atoms with Crippen LogP contribution in [-0.4, -0.2) is 29.7 Å². The van der Waals surface area contributed by atoms with Crippen LogP contribution in [0.1, 0.15) is 25.5 Å². The molecule has 0 N–H and O–H groups in total.